The summed E-state index contributed by atoms with van der Waals surface area (Å²) in [5, 5.41) is 0. The molecule has 1 aromatic heterocycles. The zero-order chi connectivity index (χ0) is 21.8. The highest BCUT2D eigenvalue weighted by atomic mass is 32.2. The third kappa shape index (κ3) is 5.35. The molecule has 6 heteroatoms. The van der Waals surface area contributed by atoms with Crippen molar-refractivity contribution >= 4 is 29.2 Å². The molecule has 0 amide bonds. The van der Waals surface area contributed by atoms with E-state index < -0.39 is 0 Å². The van der Waals surface area contributed by atoms with Crippen LogP contribution in [0.5, 0.6) is 0 Å². The Hall–Kier alpha value is -2.21. The molecule has 2 fully saturated rings. The number of nitrogens with one attached hydrogen (secondary N) is 1. The standard InChI is InChI=1S/C25H33FN4S/c1-4-5-14-31-28-21-8-9-22(24(26)16-21)19(3)29-10-12-30(13-11-29)25-23(20-6-7-20)15-18(2)17-27-25/h8-9,15-17,20,28H,3-7,10-14H2,1-2H3. The Balaban J connectivity index is 1.36. The highest BCUT2D eigenvalue weighted by molar-refractivity contribution is 8.00. The summed E-state index contributed by atoms with van der Waals surface area (Å²) in [6, 6.07) is 7.67. The quantitative estimate of drug-likeness (QED) is 0.378. The third-order valence-electron chi connectivity index (χ3n) is 6.08. The number of hydrogen-bond acceptors (Lipinski definition) is 5. The molecule has 0 spiro atoms. The largest absolute Gasteiger partial charge is 0.368 e. The van der Waals surface area contributed by atoms with Crippen LogP contribution in [-0.4, -0.2) is 41.8 Å². The van der Waals surface area contributed by atoms with E-state index in [9.17, 15) is 4.39 Å². The van der Waals surface area contributed by atoms with Crippen LogP contribution in [0.3, 0.4) is 0 Å². The van der Waals surface area contributed by atoms with Crippen molar-refractivity contribution in [3.63, 3.8) is 0 Å². The first-order chi connectivity index (χ1) is 15.1. The van der Waals surface area contributed by atoms with Crippen LogP contribution < -0.4 is 9.62 Å². The maximum atomic E-state index is 14.8. The van der Waals surface area contributed by atoms with Gasteiger partial charge in [-0.2, -0.15) is 0 Å². The second-order valence-corrected chi connectivity index (χ2v) is 9.52. The van der Waals surface area contributed by atoms with E-state index in [1.54, 1.807) is 18.0 Å². The van der Waals surface area contributed by atoms with Crippen LogP contribution in [0.4, 0.5) is 15.9 Å². The van der Waals surface area contributed by atoms with Gasteiger partial charge in [-0.1, -0.05) is 37.9 Å². The van der Waals surface area contributed by atoms with Crippen LogP contribution in [0.15, 0.2) is 37.0 Å². The molecule has 1 N–H and O–H groups in total. The van der Waals surface area contributed by atoms with Crippen LogP contribution >= 0.6 is 11.9 Å². The fourth-order valence-corrected chi connectivity index (χ4v) is 4.89. The number of unbranched alkanes of at least 4 members (excludes halogenated alkanes) is 1. The van der Waals surface area contributed by atoms with Gasteiger partial charge in [0.1, 0.15) is 11.6 Å². The lowest BCUT2D eigenvalue weighted by atomic mass is 10.1. The summed E-state index contributed by atoms with van der Waals surface area (Å²) >= 11 is 1.63. The first kappa shape index (κ1) is 22.0. The molecule has 2 heterocycles. The van der Waals surface area contributed by atoms with E-state index in [1.165, 1.54) is 24.0 Å². The zero-order valence-corrected chi connectivity index (χ0v) is 19.5. The number of benzene rings is 1. The van der Waals surface area contributed by atoms with Gasteiger partial charge in [0.2, 0.25) is 0 Å². The molecule has 1 saturated carbocycles. The minimum Gasteiger partial charge on any atom is -0.368 e. The monoisotopic (exact) mass is 440 g/mol. The predicted molar refractivity (Wildman–Crippen MR) is 131 cm³/mol. The lowest BCUT2D eigenvalue weighted by Gasteiger charge is -2.38. The average molecular weight is 441 g/mol. The summed E-state index contributed by atoms with van der Waals surface area (Å²) in [4.78, 5) is 9.35. The van der Waals surface area contributed by atoms with E-state index in [-0.39, 0.29) is 5.82 Å². The number of aryl methyl sites for hydroxylation is 1. The van der Waals surface area contributed by atoms with E-state index in [4.69, 9.17) is 4.98 Å². The number of halogens is 1. The third-order valence-corrected chi connectivity index (χ3v) is 6.95. The van der Waals surface area contributed by atoms with Crippen LogP contribution in [0.1, 0.15) is 55.2 Å². The number of hydrogen-bond donors (Lipinski definition) is 1. The van der Waals surface area contributed by atoms with Gasteiger partial charge < -0.3 is 14.5 Å². The van der Waals surface area contributed by atoms with Crippen molar-refractivity contribution in [2.24, 2.45) is 0 Å². The normalized spacial score (nSPS) is 16.5. The highest BCUT2D eigenvalue weighted by Crippen LogP contribution is 2.44. The summed E-state index contributed by atoms with van der Waals surface area (Å²) in [6.07, 6.45) is 6.84. The van der Waals surface area contributed by atoms with Crippen LogP contribution in [0.25, 0.3) is 5.70 Å². The van der Waals surface area contributed by atoms with Gasteiger partial charge in [0.25, 0.3) is 0 Å². The minimum absolute atomic E-state index is 0.218. The number of nitrogens with zero attached hydrogens (tertiary/aromatic N) is 3. The molecule has 166 valence electrons. The van der Waals surface area contributed by atoms with Crippen LogP contribution in [0, 0.1) is 12.7 Å². The Bertz CT molecular complexity index is 920. The minimum atomic E-state index is -0.218. The van der Waals surface area contributed by atoms with Crippen molar-refractivity contribution < 1.29 is 4.39 Å². The predicted octanol–water partition coefficient (Wildman–Crippen LogP) is 6.06. The molecule has 1 aromatic carbocycles. The number of pyridine rings is 1. The van der Waals surface area contributed by atoms with Crippen LogP contribution in [0.2, 0.25) is 0 Å². The molecule has 1 saturated heterocycles. The molecular weight excluding hydrogens is 407 g/mol. The summed E-state index contributed by atoms with van der Waals surface area (Å²) in [6.45, 7) is 11.9. The van der Waals surface area contributed by atoms with Crippen molar-refractivity contribution in [2.75, 3.05) is 41.6 Å². The van der Waals surface area contributed by atoms with Crippen molar-refractivity contribution in [2.45, 2.75) is 45.4 Å². The lowest BCUT2D eigenvalue weighted by Crippen LogP contribution is -2.46. The highest BCUT2D eigenvalue weighted by Gasteiger charge is 2.30. The Morgan fingerprint density at radius 1 is 1.23 bits per heavy atom. The average Bonchev–Trinajstić information content (AvgIpc) is 3.62. The molecule has 0 radical (unpaired) electrons. The second kappa shape index (κ2) is 9.94. The second-order valence-electron chi connectivity index (χ2n) is 8.62. The summed E-state index contributed by atoms with van der Waals surface area (Å²) in [5.74, 6) is 2.62. The fourth-order valence-electron chi connectivity index (χ4n) is 4.07. The number of rotatable bonds is 9. The first-order valence-electron chi connectivity index (χ1n) is 11.4. The Morgan fingerprint density at radius 3 is 2.68 bits per heavy atom. The van der Waals surface area contributed by atoms with Gasteiger partial charge in [-0.15, -0.1) is 0 Å². The lowest BCUT2D eigenvalue weighted by molar-refractivity contribution is 0.365. The first-order valence-corrected chi connectivity index (χ1v) is 12.4. The smallest absolute Gasteiger partial charge is 0.134 e. The van der Waals surface area contributed by atoms with Crippen molar-refractivity contribution in [3.8, 4) is 0 Å². The van der Waals surface area contributed by atoms with Gasteiger partial charge >= 0.3 is 0 Å². The van der Waals surface area contributed by atoms with Crippen LogP contribution in [-0.2, 0) is 0 Å². The zero-order valence-electron chi connectivity index (χ0n) is 18.7. The van der Waals surface area contributed by atoms with Gasteiger partial charge in [-0.05, 0) is 61.4 Å². The van der Waals surface area contributed by atoms with Crippen molar-refractivity contribution in [1.82, 2.24) is 9.88 Å². The SMILES string of the molecule is C=C(c1ccc(NSCCCC)cc1F)N1CCN(c2ncc(C)cc2C2CC2)CC1. The Kier molecular flexibility index (Phi) is 7.06. The van der Waals surface area contributed by atoms with E-state index >= 15 is 0 Å². The summed E-state index contributed by atoms with van der Waals surface area (Å²) < 4.78 is 18.0. The molecule has 4 nitrogen and oxygen atoms in total. The number of anilines is 2. The molecule has 0 bridgehead atoms. The Labute approximate surface area is 190 Å². The summed E-state index contributed by atoms with van der Waals surface area (Å²) in [5.41, 5.74) is 4.79. The maximum absolute atomic E-state index is 14.8. The van der Waals surface area contributed by atoms with Gasteiger partial charge in [-0.25, -0.2) is 9.37 Å². The maximum Gasteiger partial charge on any atom is 0.134 e. The van der Waals surface area contributed by atoms with E-state index in [0.29, 0.717) is 11.5 Å². The van der Waals surface area contributed by atoms with Gasteiger partial charge in [0, 0.05) is 55.1 Å². The van der Waals surface area contributed by atoms with E-state index in [1.807, 2.05) is 18.3 Å². The fraction of sp³-hybridized carbons (Fsp3) is 0.480. The topological polar surface area (TPSA) is 31.4 Å². The number of piperazine rings is 1. The molecule has 4 rings (SSSR count). The molecule has 2 aliphatic rings. The molecule has 31 heavy (non-hydrogen) atoms. The summed E-state index contributed by atoms with van der Waals surface area (Å²) in [7, 11) is 0. The Morgan fingerprint density at radius 2 is 2.00 bits per heavy atom. The number of aromatic nitrogens is 1. The van der Waals surface area contributed by atoms with Crippen molar-refractivity contribution in [1.29, 1.82) is 0 Å². The molecule has 1 aliphatic heterocycles. The van der Waals surface area contributed by atoms with E-state index in [0.717, 1.165) is 62.0 Å². The molecule has 1 aliphatic carbocycles. The molecule has 0 atom stereocenters. The van der Waals surface area contributed by atoms with E-state index in [2.05, 4.69) is 41.0 Å². The molecule has 0 unspecified atom stereocenters. The van der Waals surface area contributed by atoms with Gasteiger partial charge in [-0.3, -0.25) is 0 Å². The van der Waals surface area contributed by atoms with Gasteiger partial charge in [0.15, 0.2) is 0 Å². The van der Waals surface area contributed by atoms with Gasteiger partial charge in [0.05, 0.1) is 0 Å². The molecular formula is C25H33FN4S. The van der Waals surface area contributed by atoms with Crippen molar-refractivity contribution in [3.05, 3.63) is 59.5 Å². The molecule has 2 aromatic rings.